The molecule has 4 aliphatic rings. The highest BCUT2D eigenvalue weighted by Crippen LogP contribution is 2.65. The standard InChI is InChI=1S/C17H24N4O3/c1-8-18-16(24-20-8)12-6-11(23-2)7-21(12)17(22)19-15-13-9-3-4-10(5-9)14(13)15/h9-15H,3-7H2,1-2H3,(H,19,22)/t9?,10?,11-,12+,13?,14?,15?/m0/s1. The third-order valence-corrected chi connectivity index (χ3v) is 6.71. The summed E-state index contributed by atoms with van der Waals surface area (Å²) in [6.45, 7) is 2.37. The third-order valence-electron chi connectivity index (χ3n) is 6.71. The van der Waals surface area contributed by atoms with E-state index in [-0.39, 0.29) is 18.2 Å². The fraction of sp³-hybridized carbons (Fsp3) is 0.824. The lowest BCUT2D eigenvalue weighted by molar-refractivity contribution is 0.110. The van der Waals surface area contributed by atoms with E-state index in [1.807, 2.05) is 4.90 Å². The van der Waals surface area contributed by atoms with Crippen molar-refractivity contribution >= 4 is 6.03 Å². The number of carbonyl (C=O) groups is 1. The van der Waals surface area contributed by atoms with E-state index in [0.29, 0.717) is 30.7 Å². The molecule has 5 rings (SSSR count). The highest BCUT2D eigenvalue weighted by molar-refractivity contribution is 5.76. The smallest absolute Gasteiger partial charge is 0.318 e. The molecule has 6 atom stereocenters. The van der Waals surface area contributed by atoms with Crippen LogP contribution in [0.25, 0.3) is 0 Å². The quantitative estimate of drug-likeness (QED) is 0.914. The molecule has 1 aliphatic heterocycles. The van der Waals surface area contributed by atoms with E-state index in [1.54, 1.807) is 14.0 Å². The van der Waals surface area contributed by atoms with Crippen molar-refractivity contribution < 1.29 is 14.1 Å². The molecule has 130 valence electrons. The van der Waals surface area contributed by atoms with Crippen LogP contribution in [0.2, 0.25) is 0 Å². The van der Waals surface area contributed by atoms with E-state index in [2.05, 4.69) is 15.5 Å². The maximum Gasteiger partial charge on any atom is 0.318 e. The van der Waals surface area contributed by atoms with Crippen molar-refractivity contribution in [1.29, 1.82) is 0 Å². The van der Waals surface area contributed by atoms with Gasteiger partial charge in [-0.3, -0.25) is 0 Å². The molecule has 24 heavy (non-hydrogen) atoms. The van der Waals surface area contributed by atoms with E-state index in [9.17, 15) is 4.79 Å². The summed E-state index contributed by atoms with van der Waals surface area (Å²) in [5, 5.41) is 7.16. The van der Waals surface area contributed by atoms with Crippen LogP contribution in [0.1, 0.15) is 43.4 Å². The summed E-state index contributed by atoms with van der Waals surface area (Å²) in [5.41, 5.74) is 0. The summed E-state index contributed by atoms with van der Waals surface area (Å²) in [7, 11) is 1.69. The summed E-state index contributed by atoms with van der Waals surface area (Å²) >= 11 is 0. The average molecular weight is 332 g/mol. The van der Waals surface area contributed by atoms with Crippen molar-refractivity contribution in [2.24, 2.45) is 23.7 Å². The van der Waals surface area contributed by atoms with Crippen LogP contribution in [-0.2, 0) is 4.74 Å². The summed E-state index contributed by atoms with van der Waals surface area (Å²) in [5.74, 6) is 4.28. The number of ether oxygens (including phenoxy) is 1. The second-order valence-corrected chi connectivity index (χ2v) is 7.90. The van der Waals surface area contributed by atoms with Crippen LogP contribution in [-0.4, -0.2) is 46.9 Å². The molecule has 1 saturated heterocycles. The van der Waals surface area contributed by atoms with Gasteiger partial charge in [0.15, 0.2) is 5.82 Å². The monoisotopic (exact) mass is 332 g/mol. The predicted octanol–water partition coefficient (Wildman–Crippen LogP) is 1.89. The zero-order valence-electron chi connectivity index (χ0n) is 14.1. The van der Waals surface area contributed by atoms with Gasteiger partial charge in [-0.25, -0.2) is 4.79 Å². The van der Waals surface area contributed by atoms with Gasteiger partial charge in [0, 0.05) is 26.1 Å². The van der Waals surface area contributed by atoms with Crippen molar-refractivity contribution in [2.45, 2.75) is 50.8 Å². The number of nitrogens with one attached hydrogen (secondary N) is 1. The Morgan fingerprint density at radius 1 is 1.29 bits per heavy atom. The Labute approximate surface area is 141 Å². The molecule has 0 radical (unpaired) electrons. The summed E-state index contributed by atoms with van der Waals surface area (Å²) in [4.78, 5) is 19.0. The Morgan fingerprint density at radius 3 is 2.67 bits per heavy atom. The van der Waals surface area contributed by atoms with Gasteiger partial charge in [-0.1, -0.05) is 5.16 Å². The van der Waals surface area contributed by atoms with Gasteiger partial charge < -0.3 is 19.5 Å². The number of fused-ring (bicyclic) bond motifs is 5. The minimum atomic E-state index is -0.188. The number of aryl methyl sites for hydroxylation is 1. The highest BCUT2D eigenvalue weighted by atomic mass is 16.5. The number of hydrogen-bond acceptors (Lipinski definition) is 5. The van der Waals surface area contributed by atoms with Gasteiger partial charge in [0.1, 0.15) is 6.04 Å². The second-order valence-electron chi connectivity index (χ2n) is 7.90. The first-order valence-corrected chi connectivity index (χ1v) is 9.06. The summed E-state index contributed by atoms with van der Waals surface area (Å²) in [6.07, 6.45) is 4.83. The number of likely N-dealkylation sites (tertiary alicyclic amines) is 1. The average Bonchev–Trinajstić information content (AvgIpc) is 3.10. The number of urea groups is 1. The minimum Gasteiger partial charge on any atom is -0.380 e. The fourth-order valence-corrected chi connectivity index (χ4v) is 5.62. The van der Waals surface area contributed by atoms with Gasteiger partial charge in [-0.2, -0.15) is 4.98 Å². The number of nitrogens with zero attached hydrogens (tertiary/aromatic N) is 3. The Kier molecular flexibility index (Phi) is 3.17. The predicted molar refractivity (Wildman–Crippen MR) is 84.0 cm³/mol. The van der Waals surface area contributed by atoms with Gasteiger partial charge in [-0.05, 0) is 49.9 Å². The maximum absolute atomic E-state index is 12.9. The van der Waals surface area contributed by atoms with Crippen LogP contribution >= 0.6 is 0 Å². The largest absolute Gasteiger partial charge is 0.380 e. The second kappa shape index (κ2) is 5.18. The molecule has 4 unspecified atom stereocenters. The molecule has 2 heterocycles. The van der Waals surface area contributed by atoms with Gasteiger partial charge >= 0.3 is 6.03 Å². The molecular weight excluding hydrogens is 308 g/mol. The Bertz CT molecular complexity index is 646. The van der Waals surface area contributed by atoms with E-state index in [0.717, 1.165) is 23.7 Å². The molecule has 7 heteroatoms. The highest BCUT2D eigenvalue weighted by Gasteiger charge is 2.65. The lowest BCUT2D eigenvalue weighted by atomic mass is 10.0. The fourth-order valence-electron chi connectivity index (χ4n) is 5.62. The lowest BCUT2D eigenvalue weighted by Crippen LogP contribution is -2.42. The van der Waals surface area contributed by atoms with Gasteiger partial charge in [0.25, 0.3) is 0 Å². The van der Waals surface area contributed by atoms with E-state index >= 15 is 0 Å². The molecule has 7 nitrogen and oxygen atoms in total. The van der Waals surface area contributed by atoms with Crippen molar-refractivity contribution in [3.05, 3.63) is 11.7 Å². The molecule has 1 aromatic heterocycles. The molecule has 1 aromatic rings. The number of methoxy groups -OCH3 is 1. The van der Waals surface area contributed by atoms with Crippen LogP contribution in [0.15, 0.2) is 4.52 Å². The molecule has 1 N–H and O–H groups in total. The van der Waals surface area contributed by atoms with Crippen molar-refractivity contribution in [3.63, 3.8) is 0 Å². The van der Waals surface area contributed by atoms with Crippen LogP contribution in [0.4, 0.5) is 4.79 Å². The van der Waals surface area contributed by atoms with Crippen molar-refractivity contribution in [1.82, 2.24) is 20.4 Å². The van der Waals surface area contributed by atoms with E-state index in [4.69, 9.17) is 9.26 Å². The van der Waals surface area contributed by atoms with E-state index < -0.39 is 0 Å². The Morgan fingerprint density at radius 2 is 2.04 bits per heavy atom. The van der Waals surface area contributed by atoms with Gasteiger partial charge in [0.2, 0.25) is 5.89 Å². The van der Waals surface area contributed by atoms with Crippen LogP contribution in [0.3, 0.4) is 0 Å². The maximum atomic E-state index is 12.9. The first kappa shape index (κ1) is 14.7. The zero-order chi connectivity index (χ0) is 16.4. The van der Waals surface area contributed by atoms with Crippen LogP contribution < -0.4 is 5.32 Å². The van der Waals surface area contributed by atoms with Crippen LogP contribution in [0, 0.1) is 30.6 Å². The summed E-state index contributed by atoms with van der Waals surface area (Å²) in [6, 6.07) is 0.191. The van der Waals surface area contributed by atoms with Gasteiger partial charge in [-0.15, -0.1) is 0 Å². The summed E-state index contributed by atoms with van der Waals surface area (Å²) < 4.78 is 10.8. The molecule has 3 aliphatic carbocycles. The first-order chi connectivity index (χ1) is 11.7. The Balaban J connectivity index is 1.30. The zero-order valence-corrected chi connectivity index (χ0v) is 14.1. The lowest BCUT2D eigenvalue weighted by Gasteiger charge is -2.23. The number of rotatable bonds is 3. The SMILES string of the molecule is CO[C@H]1C[C@H](c2nc(C)no2)N(C(=O)NC2C3C4CCC(C4)C23)C1. The molecule has 2 bridgehead atoms. The normalized spacial score (nSPS) is 42.4. The van der Waals surface area contributed by atoms with Crippen molar-refractivity contribution in [3.8, 4) is 0 Å². The molecule has 3 saturated carbocycles. The van der Waals surface area contributed by atoms with Crippen LogP contribution in [0.5, 0.6) is 0 Å². The van der Waals surface area contributed by atoms with Crippen molar-refractivity contribution in [2.75, 3.05) is 13.7 Å². The minimum absolute atomic E-state index is 0.00537. The molecular formula is C17H24N4O3. The van der Waals surface area contributed by atoms with Gasteiger partial charge in [0.05, 0.1) is 6.10 Å². The number of aromatic nitrogens is 2. The molecule has 0 aromatic carbocycles. The third kappa shape index (κ3) is 2.10. The molecule has 0 spiro atoms. The Hall–Kier alpha value is -1.63. The topological polar surface area (TPSA) is 80.5 Å². The number of carbonyl (C=O) groups excluding carboxylic acids is 1. The number of amides is 2. The first-order valence-electron chi connectivity index (χ1n) is 9.06. The number of hydrogen-bond donors (Lipinski definition) is 1. The molecule has 2 amide bonds. The van der Waals surface area contributed by atoms with E-state index in [1.165, 1.54) is 19.3 Å². The molecule has 4 fully saturated rings.